The molecule has 0 radical (unpaired) electrons. The van der Waals surface area contributed by atoms with Crippen molar-refractivity contribution < 1.29 is 9.13 Å². The van der Waals surface area contributed by atoms with Crippen LogP contribution in [-0.4, -0.2) is 4.98 Å². The molecule has 4 aromatic rings. The van der Waals surface area contributed by atoms with E-state index in [1.165, 1.54) is 12.1 Å². The van der Waals surface area contributed by atoms with Gasteiger partial charge in [-0.2, -0.15) is 5.26 Å². The van der Waals surface area contributed by atoms with Gasteiger partial charge in [0.1, 0.15) is 34.8 Å². The van der Waals surface area contributed by atoms with Gasteiger partial charge in [-0.1, -0.05) is 35.9 Å². The van der Waals surface area contributed by atoms with E-state index in [1.807, 2.05) is 60.7 Å². The zero-order valence-electron chi connectivity index (χ0n) is 15.6. The highest BCUT2D eigenvalue weighted by atomic mass is 35.5. The lowest BCUT2D eigenvalue weighted by Gasteiger charge is -2.11. The summed E-state index contributed by atoms with van der Waals surface area (Å²) in [5, 5.41) is 9.52. The van der Waals surface area contributed by atoms with Crippen molar-refractivity contribution in [2.75, 3.05) is 5.73 Å². The summed E-state index contributed by atoms with van der Waals surface area (Å²) in [7, 11) is 0. The number of hydrogen-bond donors (Lipinski definition) is 1. The van der Waals surface area contributed by atoms with Crippen LogP contribution in [0.25, 0.3) is 22.4 Å². The molecule has 0 aliphatic rings. The summed E-state index contributed by atoms with van der Waals surface area (Å²) in [6.07, 6.45) is 0. The number of rotatable bonds is 4. The third-order valence-corrected chi connectivity index (χ3v) is 4.83. The highest BCUT2D eigenvalue weighted by Gasteiger charge is 2.15. The second-order valence-corrected chi connectivity index (χ2v) is 6.90. The van der Waals surface area contributed by atoms with Crippen LogP contribution in [0.2, 0.25) is 5.02 Å². The lowest BCUT2D eigenvalue weighted by molar-refractivity contribution is 0.483. The fourth-order valence-electron chi connectivity index (χ4n) is 3.04. The van der Waals surface area contributed by atoms with Crippen molar-refractivity contribution >= 4 is 17.4 Å². The first kappa shape index (κ1) is 19.4. The van der Waals surface area contributed by atoms with Crippen molar-refractivity contribution in [3.63, 3.8) is 0 Å². The van der Waals surface area contributed by atoms with Crippen molar-refractivity contribution in [2.45, 2.75) is 0 Å². The predicted molar refractivity (Wildman–Crippen MR) is 116 cm³/mol. The van der Waals surface area contributed by atoms with Crippen molar-refractivity contribution in [1.82, 2.24) is 4.98 Å². The summed E-state index contributed by atoms with van der Waals surface area (Å²) in [4.78, 5) is 4.35. The molecule has 0 fully saturated rings. The van der Waals surface area contributed by atoms with Crippen LogP contribution < -0.4 is 10.5 Å². The summed E-state index contributed by atoms with van der Waals surface area (Å²) in [6.45, 7) is 0. The number of hydrogen-bond acceptors (Lipinski definition) is 4. The number of halogens is 2. The van der Waals surface area contributed by atoms with Crippen LogP contribution >= 0.6 is 11.6 Å². The minimum Gasteiger partial charge on any atom is -0.457 e. The minimum absolute atomic E-state index is 0.00788. The molecule has 0 unspecified atom stereocenters. The van der Waals surface area contributed by atoms with Gasteiger partial charge in [0.05, 0.1) is 10.7 Å². The number of anilines is 1. The minimum atomic E-state index is -0.572. The number of nitriles is 1. The molecule has 4 rings (SSSR count). The average Bonchev–Trinajstić information content (AvgIpc) is 2.76. The third kappa shape index (κ3) is 3.95. The standard InChI is InChI=1S/C24H15ClFN3O/c25-21-11-8-16(12-22(21)26)19-13-23(29-24(28)20(19)14-27)15-6-9-18(10-7-15)30-17-4-2-1-3-5-17/h1-13H,(H2,28,29). The van der Waals surface area contributed by atoms with E-state index in [1.54, 1.807) is 12.1 Å². The van der Waals surface area contributed by atoms with E-state index >= 15 is 0 Å². The number of nitrogens with zero attached hydrogens (tertiary/aromatic N) is 2. The molecule has 0 bridgehead atoms. The number of nitrogen functional groups attached to an aromatic ring is 1. The summed E-state index contributed by atoms with van der Waals surface area (Å²) in [5.74, 6) is 0.909. The zero-order valence-corrected chi connectivity index (χ0v) is 16.4. The molecule has 4 nitrogen and oxygen atoms in total. The number of ether oxygens (including phenoxy) is 1. The number of aromatic nitrogens is 1. The molecule has 0 aliphatic heterocycles. The molecule has 146 valence electrons. The highest BCUT2D eigenvalue weighted by molar-refractivity contribution is 6.30. The molecule has 0 amide bonds. The van der Waals surface area contributed by atoms with Gasteiger partial charge >= 0.3 is 0 Å². The first-order valence-corrected chi connectivity index (χ1v) is 9.42. The number of nitrogens with two attached hydrogens (primary N) is 1. The van der Waals surface area contributed by atoms with Crippen LogP contribution in [0.3, 0.4) is 0 Å². The molecule has 0 atom stereocenters. The van der Waals surface area contributed by atoms with Gasteiger partial charge < -0.3 is 10.5 Å². The van der Waals surface area contributed by atoms with Crippen LogP contribution in [0.1, 0.15) is 5.56 Å². The topological polar surface area (TPSA) is 71.9 Å². The molecule has 6 heteroatoms. The smallest absolute Gasteiger partial charge is 0.142 e. The van der Waals surface area contributed by atoms with Gasteiger partial charge in [-0.25, -0.2) is 9.37 Å². The summed E-state index contributed by atoms with van der Waals surface area (Å²) in [6, 6.07) is 24.9. The zero-order chi connectivity index (χ0) is 21.1. The van der Waals surface area contributed by atoms with Crippen molar-refractivity contribution in [3.8, 4) is 40.0 Å². The number of pyridine rings is 1. The SMILES string of the molecule is N#Cc1c(-c2ccc(Cl)c(F)c2)cc(-c2ccc(Oc3ccccc3)cc2)nc1N. The quantitative estimate of drug-likeness (QED) is 0.415. The second-order valence-electron chi connectivity index (χ2n) is 6.50. The molecule has 0 saturated heterocycles. The first-order valence-electron chi connectivity index (χ1n) is 9.04. The summed E-state index contributed by atoms with van der Waals surface area (Å²) in [5.41, 5.74) is 8.53. The van der Waals surface area contributed by atoms with Crippen LogP contribution in [-0.2, 0) is 0 Å². The molecule has 0 saturated carbocycles. The van der Waals surface area contributed by atoms with E-state index in [0.717, 1.165) is 11.3 Å². The van der Waals surface area contributed by atoms with E-state index in [9.17, 15) is 9.65 Å². The maximum Gasteiger partial charge on any atom is 0.142 e. The van der Waals surface area contributed by atoms with E-state index in [-0.39, 0.29) is 16.4 Å². The van der Waals surface area contributed by atoms with Crippen molar-refractivity contribution in [3.05, 3.63) is 95.3 Å². The van der Waals surface area contributed by atoms with Crippen molar-refractivity contribution in [1.29, 1.82) is 5.26 Å². The largest absolute Gasteiger partial charge is 0.457 e. The van der Waals surface area contributed by atoms with Gasteiger partial charge in [-0.3, -0.25) is 0 Å². The van der Waals surface area contributed by atoms with Crippen LogP contribution in [0.4, 0.5) is 10.2 Å². The molecule has 1 heterocycles. The van der Waals surface area contributed by atoms with Crippen LogP contribution in [0.15, 0.2) is 78.9 Å². The van der Waals surface area contributed by atoms with Crippen LogP contribution in [0, 0.1) is 17.1 Å². The molecular formula is C24H15ClFN3O. The maximum atomic E-state index is 14.0. The summed E-state index contributed by atoms with van der Waals surface area (Å²) < 4.78 is 19.8. The normalized spacial score (nSPS) is 10.4. The van der Waals surface area contributed by atoms with Gasteiger partial charge in [0.2, 0.25) is 0 Å². The Morgan fingerprint density at radius 2 is 1.57 bits per heavy atom. The highest BCUT2D eigenvalue weighted by Crippen LogP contribution is 2.33. The Hall–Kier alpha value is -3.88. The van der Waals surface area contributed by atoms with E-state index in [0.29, 0.717) is 22.6 Å². The maximum absolute atomic E-state index is 14.0. The number of benzene rings is 3. The molecule has 30 heavy (non-hydrogen) atoms. The molecule has 1 aromatic heterocycles. The third-order valence-electron chi connectivity index (χ3n) is 4.52. The molecule has 3 aromatic carbocycles. The first-order chi connectivity index (χ1) is 14.5. The van der Waals surface area contributed by atoms with E-state index in [2.05, 4.69) is 4.98 Å². The lowest BCUT2D eigenvalue weighted by atomic mass is 9.98. The molecule has 0 aliphatic carbocycles. The van der Waals surface area contributed by atoms with E-state index in [4.69, 9.17) is 22.1 Å². The average molecular weight is 416 g/mol. The fraction of sp³-hybridized carbons (Fsp3) is 0. The fourth-order valence-corrected chi connectivity index (χ4v) is 3.16. The Kier molecular flexibility index (Phi) is 5.34. The molecule has 2 N–H and O–H groups in total. The Morgan fingerprint density at radius 3 is 2.23 bits per heavy atom. The second kappa shape index (κ2) is 8.24. The van der Waals surface area contributed by atoms with Crippen molar-refractivity contribution in [2.24, 2.45) is 0 Å². The monoisotopic (exact) mass is 415 g/mol. The number of para-hydroxylation sites is 1. The molecular weight excluding hydrogens is 401 g/mol. The Balaban J connectivity index is 1.72. The Bertz CT molecular complexity index is 1250. The van der Waals surface area contributed by atoms with E-state index < -0.39 is 5.82 Å². The van der Waals surface area contributed by atoms with Gasteiger partial charge in [0, 0.05) is 11.1 Å². The van der Waals surface area contributed by atoms with Crippen LogP contribution in [0.5, 0.6) is 11.5 Å². The Labute approximate surface area is 178 Å². The van der Waals surface area contributed by atoms with Gasteiger partial charge in [-0.15, -0.1) is 0 Å². The predicted octanol–water partition coefficient (Wildman–Crippen LogP) is 6.45. The lowest BCUT2D eigenvalue weighted by Crippen LogP contribution is -2.00. The van der Waals surface area contributed by atoms with Gasteiger partial charge in [0.15, 0.2) is 0 Å². The Morgan fingerprint density at radius 1 is 0.900 bits per heavy atom. The van der Waals surface area contributed by atoms with Gasteiger partial charge in [-0.05, 0) is 60.2 Å². The summed E-state index contributed by atoms with van der Waals surface area (Å²) >= 11 is 5.78. The van der Waals surface area contributed by atoms with Gasteiger partial charge in [0.25, 0.3) is 0 Å². The molecule has 0 spiro atoms.